The van der Waals surface area contributed by atoms with Crippen molar-refractivity contribution in [1.29, 1.82) is 0 Å². The Bertz CT molecular complexity index is 2850. The fourth-order valence-electron chi connectivity index (χ4n) is 7.47. The maximum atomic E-state index is 2.51. The molecule has 8 aromatic carbocycles. The van der Waals surface area contributed by atoms with Crippen molar-refractivity contribution < 1.29 is 0 Å². The van der Waals surface area contributed by atoms with Gasteiger partial charge in [-0.2, -0.15) is 0 Å². The number of hydrogen-bond acceptors (Lipinski definition) is 3. The third-order valence-corrected chi connectivity index (χ3v) is 12.3. The molecule has 2 heterocycles. The zero-order chi connectivity index (χ0) is 33.7. The number of hydrogen-bond donors (Lipinski definition) is 0. The van der Waals surface area contributed by atoms with Crippen molar-refractivity contribution in [3.05, 3.63) is 188 Å². The van der Waals surface area contributed by atoms with E-state index in [2.05, 4.69) is 193 Å². The predicted molar refractivity (Wildman–Crippen MR) is 223 cm³/mol. The monoisotopic (exact) mass is 685 g/mol. The molecule has 0 atom stereocenters. The molecule has 2 aromatic heterocycles. The van der Waals surface area contributed by atoms with Crippen LogP contribution >= 0.6 is 22.7 Å². The summed E-state index contributed by atoms with van der Waals surface area (Å²) in [5, 5.41) is 5.14. The van der Waals surface area contributed by atoms with E-state index in [1.165, 1.54) is 85.1 Å². The van der Waals surface area contributed by atoms with Gasteiger partial charge in [-0.1, -0.05) is 152 Å². The largest absolute Gasteiger partial charge is 0.308 e. The molecular formula is C48H31NS2. The Morgan fingerprint density at radius 2 is 0.941 bits per heavy atom. The Labute approximate surface area is 304 Å². The molecule has 0 N–H and O–H groups in total. The third-order valence-electron chi connectivity index (χ3n) is 9.87. The van der Waals surface area contributed by atoms with Crippen LogP contribution < -0.4 is 4.90 Å². The van der Waals surface area contributed by atoms with E-state index in [4.69, 9.17) is 0 Å². The summed E-state index contributed by atoms with van der Waals surface area (Å²) in [4.78, 5) is 2.51. The summed E-state index contributed by atoms with van der Waals surface area (Å²) in [5.41, 5.74) is 10.9. The van der Waals surface area contributed by atoms with Crippen molar-refractivity contribution in [1.82, 2.24) is 0 Å². The normalized spacial score (nSPS) is 11.5. The minimum atomic E-state index is 1.13. The van der Waals surface area contributed by atoms with Crippen molar-refractivity contribution in [2.75, 3.05) is 4.90 Å². The van der Waals surface area contributed by atoms with Crippen LogP contribution in [0.15, 0.2) is 188 Å². The van der Waals surface area contributed by atoms with E-state index in [1.54, 1.807) is 0 Å². The third kappa shape index (κ3) is 5.13. The Hall–Kier alpha value is -6.00. The lowest BCUT2D eigenvalue weighted by Crippen LogP contribution is -2.10. The van der Waals surface area contributed by atoms with Gasteiger partial charge in [0.05, 0.1) is 16.1 Å². The van der Waals surface area contributed by atoms with Crippen LogP contribution in [0.2, 0.25) is 0 Å². The molecule has 10 aromatic rings. The van der Waals surface area contributed by atoms with Crippen LogP contribution in [0.4, 0.5) is 17.1 Å². The Balaban J connectivity index is 1.27. The number of rotatable bonds is 6. The molecule has 0 saturated carbocycles. The van der Waals surface area contributed by atoms with Gasteiger partial charge >= 0.3 is 0 Å². The van der Waals surface area contributed by atoms with Gasteiger partial charge in [-0.25, -0.2) is 0 Å². The molecule has 0 saturated heterocycles. The van der Waals surface area contributed by atoms with Crippen molar-refractivity contribution in [2.24, 2.45) is 0 Å². The second-order valence-electron chi connectivity index (χ2n) is 12.9. The van der Waals surface area contributed by atoms with Gasteiger partial charge in [0.2, 0.25) is 0 Å². The molecule has 0 aliphatic rings. The molecule has 1 nitrogen and oxygen atoms in total. The molecule has 0 aliphatic heterocycles. The van der Waals surface area contributed by atoms with E-state index in [-0.39, 0.29) is 0 Å². The van der Waals surface area contributed by atoms with Crippen molar-refractivity contribution in [2.45, 2.75) is 0 Å². The molecule has 0 spiro atoms. The highest BCUT2D eigenvalue weighted by Crippen LogP contribution is 2.51. The fraction of sp³-hybridized carbons (Fsp3) is 0. The van der Waals surface area contributed by atoms with Crippen LogP contribution in [0.5, 0.6) is 0 Å². The molecule has 0 unspecified atom stereocenters. The summed E-state index contributed by atoms with van der Waals surface area (Å²) in [6.07, 6.45) is 0. The molecule has 0 aliphatic carbocycles. The lowest BCUT2D eigenvalue weighted by Gasteiger charge is -2.28. The average Bonchev–Trinajstić information content (AvgIpc) is 3.78. The first kappa shape index (κ1) is 29.9. The van der Waals surface area contributed by atoms with Crippen molar-refractivity contribution in [3.8, 4) is 33.4 Å². The van der Waals surface area contributed by atoms with E-state index < -0.39 is 0 Å². The van der Waals surface area contributed by atoms with Gasteiger partial charge in [0.15, 0.2) is 0 Å². The van der Waals surface area contributed by atoms with E-state index in [0.717, 1.165) is 5.69 Å². The first-order valence-corrected chi connectivity index (χ1v) is 18.9. The molecule has 0 bridgehead atoms. The summed E-state index contributed by atoms with van der Waals surface area (Å²) in [7, 11) is 0. The summed E-state index contributed by atoms with van der Waals surface area (Å²) in [6, 6.07) is 68.5. The zero-order valence-electron chi connectivity index (χ0n) is 27.7. The number of fused-ring (bicyclic) bond motifs is 6. The van der Waals surface area contributed by atoms with Crippen LogP contribution in [0, 0.1) is 0 Å². The number of anilines is 3. The van der Waals surface area contributed by atoms with Crippen LogP contribution in [0.25, 0.3) is 73.7 Å². The lowest BCUT2D eigenvalue weighted by molar-refractivity contribution is 1.32. The van der Waals surface area contributed by atoms with Gasteiger partial charge in [-0.05, 0) is 69.8 Å². The summed E-state index contributed by atoms with van der Waals surface area (Å²) in [5.74, 6) is 0. The second kappa shape index (κ2) is 12.4. The highest BCUT2D eigenvalue weighted by Gasteiger charge is 2.23. The van der Waals surface area contributed by atoms with Crippen LogP contribution in [0.3, 0.4) is 0 Å². The molecule has 10 rings (SSSR count). The van der Waals surface area contributed by atoms with E-state index in [9.17, 15) is 0 Å². The average molecular weight is 686 g/mol. The van der Waals surface area contributed by atoms with Gasteiger partial charge in [0.25, 0.3) is 0 Å². The predicted octanol–water partition coefficient (Wildman–Crippen LogP) is 14.9. The Morgan fingerprint density at radius 3 is 1.71 bits per heavy atom. The first-order chi connectivity index (χ1) is 25.3. The topological polar surface area (TPSA) is 3.24 Å². The molecule has 240 valence electrons. The molecule has 51 heavy (non-hydrogen) atoms. The van der Waals surface area contributed by atoms with Crippen LogP contribution in [-0.2, 0) is 0 Å². The zero-order valence-corrected chi connectivity index (χ0v) is 29.3. The minimum absolute atomic E-state index is 1.13. The number of thiophene rings is 2. The highest BCUT2D eigenvalue weighted by molar-refractivity contribution is 7.27. The maximum absolute atomic E-state index is 2.51. The number of benzene rings is 8. The lowest BCUT2D eigenvalue weighted by atomic mass is 9.99. The summed E-state index contributed by atoms with van der Waals surface area (Å²) < 4.78 is 5.17. The molecule has 0 radical (unpaired) electrons. The van der Waals surface area contributed by atoms with Gasteiger partial charge < -0.3 is 4.90 Å². The minimum Gasteiger partial charge on any atom is -0.308 e. The van der Waals surface area contributed by atoms with Crippen LogP contribution in [-0.4, -0.2) is 0 Å². The fourth-order valence-corrected chi connectivity index (χ4v) is 9.98. The molecule has 0 fully saturated rings. The van der Waals surface area contributed by atoms with E-state index >= 15 is 0 Å². The molecular weight excluding hydrogens is 655 g/mol. The van der Waals surface area contributed by atoms with E-state index in [1.807, 2.05) is 22.7 Å². The van der Waals surface area contributed by atoms with Gasteiger partial charge in [0, 0.05) is 41.3 Å². The van der Waals surface area contributed by atoms with Gasteiger partial charge in [0.1, 0.15) is 0 Å². The first-order valence-electron chi connectivity index (χ1n) is 17.3. The quantitative estimate of drug-likeness (QED) is 0.168. The Morgan fingerprint density at radius 1 is 0.333 bits per heavy atom. The SMILES string of the molecule is c1ccc(-c2cccc(N(c3cccc4c3sc3cc(-c5ccccc5)ccc34)c3ccc(-c4ccccc4)c4sc5ccccc5c34)c2)cc1. The van der Waals surface area contributed by atoms with Crippen molar-refractivity contribution >= 4 is 80.1 Å². The van der Waals surface area contributed by atoms with Gasteiger partial charge in [-0.15, -0.1) is 22.7 Å². The molecule has 3 heteroatoms. The number of nitrogens with zero attached hydrogens (tertiary/aromatic N) is 1. The maximum Gasteiger partial charge on any atom is 0.0640 e. The standard InChI is InChI=1S/C48H31NS2/c1-4-14-32(15-5-1)35-20-12-21-37(30-35)49(42-29-28-38(34-18-8-3-9-19-34)48-46(42)41-22-10-11-25-44(41)50-48)43-24-13-23-40-39-27-26-36(31-45(39)51-47(40)43)33-16-6-2-7-17-33/h1-31H. The smallest absolute Gasteiger partial charge is 0.0640 e. The molecule has 0 amide bonds. The highest BCUT2D eigenvalue weighted by atomic mass is 32.1. The van der Waals surface area contributed by atoms with Crippen LogP contribution in [0.1, 0.15) is 0 Å². The van der Waals surface area contributed by atoms with Gasteiger partial charge in [-0.3, -0.25) is 0 Å². The second-order valence-corrected chi connectivity index (χ2v) is 15.0. The summed E-state index contributed by atoms with van der Waals surface area (Å²) >= 11 is 3.78. The summed E-state index contributed by atoms with van der Waals surface area (Å²) in [6.45, 7) is 0. The van der Waals surface area contributed by atoms with Crippen molar-refractivity contribution in [3.63, 3.8) is 0 Å². The van der Waals surface area contributed by atoms with E-state index in [0.29, 0.717) is 0 Å². The Kier molecular flexibility index (Phi) is 7.26.